The van der Waals surface area contributed by atoms with E-state index in [4.69, 9.17) is 0 Å². The van der Waals surface area contributed by atoms with E-state index in [0.29, 0.717) is 5.69 Å². The molecular weight excluding hydrogens is 184 g/mol. The Morgan fingerprint density at radius 2 is 2.54 bits per heavy atom. The Labute approximate surface area is 82.5 Å². The van der Waals surface area contributed by atoms with Gasteiger partial charge in [-0.3, -0.25) is 4.79 Å². The number of rotatable bonds is 6. The van der Waals surface area contributed by atoms with Crippen molar-refractivity contribution >= 4 is 18.0 Å². The summed E-state index contributed by atoms with van der Waals surface area (Å²) < 4.78 is 1.96. The number of hydrogen-bond acceptors (Lipinski definition) is 3. The molecule has 0 saturated carbocycles. The van der Waals surface area contributed by atoms with E-state index in [1.54, 1.807) is 12.5 Å². The van der Waals surface area contributed by atoms with Gasteiger partial charge in [-0.1, -0.05) is 6.92 Å². The van der Waals surface area contributed by atoms with Crippen LogP contribution in [-0.2, 0) is 6.54 Å². The molecule has 13 heavy (non-hydrogen) atoms. The van der Waals surface area contributed by atoms with Crippen LogP contribution in [0.5, 0.6) is 0 Å². The van der Waals surface area contributed by atoms with E-state index in [0.717, 1.165) is 19.3 Å². The molecule has 1 heterocycles. The molecule has 0 amide bonds. The van der Waals surface area contributed by atoms with E-state index >= 15 is 0 Å². The molecule has 0 aromatic carbocycles. The predicted octanol–water partition coefficient (Wildman–Crippen LogP) is 1.84. The van der Waals surface area contributed by atoms with Gasteiger partial charge in [-0.25, -0.2) is 4.98 Å². The topological polar surface area (TPSA) is 34.9 Å². The third kappa shape index (κ3) is 3.63. The average molecular weight is 198 g/mol. The van der Waals surface area contributed by atoms with Gasteiger partial charge < -0.3 is 4.57 Å². The lowest BCUT2D eigenvalue weighted by atomic mass is 10.5. The molecule has 0 aliphatic carbocycles. The summed E-state index contributed by atoms with van der Waals surface area (Å²) >= 11 is 1.94. The smallest absolute Gasteiger partial charge is 0.169 e. The van der Waals surface area contributed by atoms with Crippen LogP contribution in [0, 0.1) is 0 Å². The Morgan fingerprint density at radius 3 is 3.15 bits per heavy atom. The summed E-state index contributed by atoms with van der Waals surface area (Å²) in [7, 11) is 0. The van der Waals surface area contributed by atoms with Crippen LogP contribution < -0.4 is 0 Å². The molecule has 0 atom stereocenters. The lowest BCUT2D eigenvalue weighted by molar-refractivity contribution is 0.111. The van der Waals surface area contributed by atoms with E-state index < -0.39 is 0 Å². The van der Waals surface area contributed by atoms with Gasteiger partial charge in [0.15, 0.2) is 6.29 Å². The summed E-state index contributed by atoms with van der Waals surface area (Å²) in [5.41, 5.74) is 0.517. The second-order valence-corrected chi connectivity index (χ2v) is 4.10. The number of imidazole rings is 1. The fraction of sp³-hybridized carbons (Fsp3) is 0.556. The van der Waals surface area contributed by atoms with Crippen LogP contribution in [-0.4, -0.2) is 27.3 Å². The lowest BCUT2D eigenvalue weighted by Crippen LogP contribution is -1.95. The number of carbonyl (C=O) groups is 1. The molecule has 0 fully saturated rings. The highest BCUT2D eigenvalue weighted by molar-refractivity contribution is 7.99. The third-order valence-electron chi connectivity index (χ3n) is 1.68. The van der Waals surface area contributed by atoms with Gasteiger partial charge in [0.1, 0.15) is 5.69 Å². The molecule has 72 valence electrons. The molecule has 0 unspecified atom stereocenters. The van der Waals surface area contributed by atoms with Gasteiger partial charge in [0.05, 0.1) is 6.33 Å². The highest BCUT2D eigenvalue weighted by Gasteiger charge is 1.95. The molecule has 0 aliphatic rings. The summed E-state index contributed by atoms with van der Waals surface area (Å²) in [5.74, 6) is 2.34. The van der Waals surface area contributed by atoms with E-state index in [1.807, 2.05) is 16.3 Å². The maximum Gasteiger partial charge on any atom is 0.169 e. The Kier molecular flexibility index (Phi) is 4.60. The van der Waals surface area contributed by atoms with Crippen molar-refractivity contribution in [2.45, 2.75) is 19.9 Å². The van der Waals surface area contributed by atoms with Crippen molar-refractivity contribution in [3.8, 4) is 0 Å². The maximum absolute atomic E-state index is 10.3. The molecule has 1 aromatic rings. The first kappa shape index (κ1) is 10.3. The van der Waals surface area contributed by atoms with Crippen molar-refractivity contribution in [1.29, 1.82) is 0 Å². The molecule has 0 bridgehead atoms. The van der Waals surface area contributed by atoms with Crippen molar-refractivity contribution in [3.05, 3.63) is 18.2 Å². The largest absolute Gasteiger partial charge is 0.337 e. The molecule has 3 nitrogen and oxygen atoms in total. The molecule has 4 heteroatoms. The molecule has 0 saturated heterocycles. The van der Waals surface area contributed by atoms with Crippen LogP contribution in [0.25, 0.3) is 0 Å². The number of aryl methyl sites for hydroxylation is 1. The van der Waals surface area contributed by atoms with Gasteiger partial charge in [0.2, 0.25) is 0 Å². The molecule has 0 aliphatic heterocycles. The second kappa shape index (κ2) is 5.80. The third-order valence-corrected chi connectivity index (χ3v) is 2.67. The van der Waals surface area contributed by atoms with E-state index in [9.17, 15) is 4.79 Å². The highest BCUT2D eigenvalue weighted by atomic mass is 32.2. The fourth-order valence-electron chi connectivity index (χ4n) is 1.05. The zero-order valence-electron chi connectivity index (χ0n) is 7.77. The van der Waals surface area contributed by atoms with Gasteiger partial charge in [0, 0.05) is 12.7 Å². The molecular formula is C9H14N2OS. The number of aldehydes is 1. The van der Waals surface area contributed by atoms with Crippen molar-refractivity contribution < 1.29 is 4.79 Å². The number of thioether (sulfide) groups is 1. The average Bonchev–Trinajstić information content (AvgIpc) is 2.60. The van der Waals surface area contributed by atoms with Gasteiger partial charge in [0.25, 0.3) is 0 Å². The summed E-state index contributed by atoms with van der Waals surface area (Å²) in [5, 5.41) is 0. The number of aromatic nitrogens is 2. The molecule has 1 rings (SSSR count). The van der Waals surface area contributed by atoms with E-state index in [1.165, 1.54) is 11.5 Å². The minimum Gasteiger partial charge on any atom is -0.337 e. The molecule has 0 radical (unpaired) electrons. The van der Waals surface area contributed by atoms with Gasteiger partial charge in [-0.05, 0) is 17.9 Å². The summed E-state index contributed by atoms with van der Waals surface area (Å²) in [6.07, 6.45) is 5.40. The van der Waals surface area contributed by atoms with Gasteiger partial charge >= 0.3 is 0 Å². The SMILES string of the molecule is CCSCCCn1cnc(C=O)c1. The van der Waals surface area contributed by atoms with Gasteiger partial charge in [-0.2, -0.15) is 11.8 Å². The molecule has 1 aromatic heterocycles. The molecule has 0 N–H and O–H groups in total. The first-order valence-electron chi connectivity index (χ1n) is 4.41. The van der Waals surface area contributed by atoms with E-state index in [2.05, 4.69) is 11.9 Å². The molecule has 0 spiro atoms. The minimum absolute atomic E-state index is 0.517. The van der Waals surface area contributed by atoms with Crippen LogP contribution in [0.15, 0.2) is 12.5 Å². The zero-order chi connectivity index (χ0) is 9.52. The van der Waals surface area contributed by atoms with E-state index in [-0.39, 0.29) is 0 Å². The number of carbonyl (C=O) groups excluding carboxylic acids is 1. The van der Waals surface area contributed by atoms with Gasteiger partial charge in [-0.15, -0.1) is 0 Å². The van der Waals surface area contributed by atoms with Crippen LogP contribution in [0.4, 0.5) is 0 Å². The van der Waals surface area contributed by atoms with Crippen molar-refractivity contribution in [2.75, 3.05) is 11.5 Å². The number of hydrogen-bond donors (Lipinski definition) is 0. The fourth-order valence-corrected chi connectivity index (χ4v) is 1.68. The zero-order valence-corrected chi connectivity index (χ0v) is 8.59. The first-order chi connectivity index (χ1) is 6.36. The first-order valence-corrected chi connectivity index (χ1v) is 5.57. The Balaban J connectivity index is 2.24. The minimum atomic E-state index is 0.517. The van der Waals surface area contributed by atoms with Crippen molar-refractivity contribution in [2.24, 2.45) is 0 Å². The Morgan fingerprint density at radius 1 is 1.69 bits per heavy atom. The Bertz CT molecular complexity index is 260. The van der Waals surface area contributed by atoms with Crippen molar-refractivity contribution in [3.63, 3.8) is 0 Å². The monoisotopic (exact) mass is 198 g/mol. The second-order valence-electron chi connectivity index (χ2n) is 2.70. The number of nitrogens with zero attached hydrogens (tertiary/aromatic N) is 2. The van der Waals surface area contributed by atoms with Crippen LogP contribution in [0.2, 0.25) is 0 Å². The maximum atomic E-state index is 10.3. The lowest BCUT2D eigenvalue weighted by Gasteiger charge is -1.99. The Hall–Kier alpha value is -0.770. The van der Waals surface area contributed by atoms with Crippen molar-refractivity contribution in [1.82, 2.24) is 9.55 Å². The summed E-state index contributed by atoms with van der Waals surface area (Å²) in [4.78, 5) is 14.2. The van der Waals surface area contributed by atoms with Crippen LogP contribution >= 0.6 is 11.8 Å². The van der Waals surface area contributed by atoms with Crippen LogP contribution in [0.3, 0.4) is 0 Å². The normalized spacial score (nSPS) is 10.2. The quantitative estimate of drug-likeness (QED) is 0.517. The van der Waals surface area contributed by atoms with Crippen LogP contribution in [0.1, 0.15) is 23.8 Å². The predicted molar refractivity (Wildman–Crippen MR) is 55.2 cm³/mol. The summed E-state index contributed by atoms with van der Waals surface area (Å²) in [6.45, 7) is 3.11. The standard InChI is InChI=1S/C9H14N2OS/c1-2-13-5-3-4-11-6-9(7-12)10-8-11/h6-8H,2-5H2,1H3. The summed E-state index contributed by atoms with van der Waals surface area (Å²) in [6, 6.07) is 0. The highest BCUT2D eigenvalue weighted by Crippen LogP contribution is 2.03.